The van der Waals surface area contributed by atoms with Crippen molar-refractivity contribution in [2.24, 2.45) is 0 Å². The summed E-state index contributed by atoms with van der Waals surface area (Å²) in [6.07, 6.45) is 0. The summed E-state index contributed by atoms with van der Waals surface area (Å²) in [7, 11) is 1.77. The summed E-state index contributed by atoms with van der Waals surface area (Å²) in [6.45, 7) is 4.41. The lowest BCUT2D eigenvalue weighted by atomic mass is 10.2. The van der Waals surface area contributed by atoms with Crippen LogP contribution in [0, 0.1) is 5.82 Å². The molecule has 4 nitrogen and oxygen atoms in total. The third-order valence-corrected chi connectivity index (χ3v) is 2.38. The van der Waals surface area contributed by atoms with E-state index in [0.717, 1.165) is 0 Å². The molecule has 0 aliphatic carbocycles. The van der Waals surface area contributed by atoms with Gasteiger partial charge in [0.15, 0.2) is 0 Å². The van der Waals surface area contributed by atoms with Gasteiger partial charge in [0.25, 0.3) is 0 Å². The van der Waals surface area contributed by atoms with Crippen molar-refractivity contribution >= 4 is 11.6 Å². The Hall–Kier alpha value is -1.62. The highest BCUT2D eigenvalue weighted by Crippen LogP contribution is 2.13. The number of amides is 1. The van der Waals surface area contributed by atoms with Crippen molar-refractivity contribution in [1.82, 2.24) is 10.2 Å². The molecule has 5 heteroatoms. The van der Waals surface area contributed by atoms with Gasteiger partial charge in [-0.05, 0) is 33.0 Å². The molecule has 1 aromatic rings. The molecule has 0 bridgehead atoms. The molecule has 0 atom stereocenters. The highest BCUT2D eigenvalue weighted by Gasteiger charge is 2.10. The maximum absolute atomic E-state index is 13.6. The number of nitrogens with one attached hydrogen (secondary N) is 1. The minimum absolute atomic E-state index is 0.0663. The number of benzene rings is 1. The smallest absolute Gasteiger partial charge is 0.234 e. The zero-order valence-electron chi connectivity index (χ0n) is 11.0. The lowest BCUT2D eigenvalue weighted by molar-refractivity contribution is -0.122. The molecule has 0 spiro atoms. The molecule has 18 heavy (non-hydrogen) atoms. The quantitative estimate of drug-likeness (QED) is 0.779. The van der Waals surface area contributed by atoms with Gasteiger partial charge in [-0.15, -0.1) is 0 Å². The molecular formula is C13H20FN3O. The van der Waals surface area contributed by atoms with Crippen LogP contribution in [0.4, 0.5) is 10.1 Å². The number of nitrogens with zero attached hydrogens (tertiary/aromatic N) is 1. The van der Waals surface area contributed by atoms with E-state index in [4.69, 9.17) is 5.73 Å². The van der Waals surface area contributed by atoms with Gasteiger partial charge in [-0.1, -0.05) is 6.07 Å². The van der Waals surface area contributed by atoms with E-state index in [1.807, 2.05) is 13.8 Å². The number of carbonyl (C=O) groups is 1. The van der Waals surface area contributed by atoms with E-state index in [0.29, 0.717) is 17.8 Å². The van der Waals surface area contributed by atoms with E-state index in [1.54, 1.807) is 24.1 Å². The molecule has 0 unspecified atom stereocenters. The second kappa shape index (κ2) is 6.35. The van der Waals surface area contributed by atoms with Crippen molar-refractivity contribution in [3.05, 3.63) is 29.6 Å². The molecule has 1 amide bonds. The van der Waals surface area contributed by atoms with Crippen LogP contribution in [-0.4, -0.2) is 30.4 Å². The number of nitrogen functional groups attached to an aromatic ring is 1. The Morgan fingerprint density at radius 2 is 2.17 bits per heavy atom. The normalized spacial score (nSPS) is 11.0. The van der Waals surface area contributed by atoms with Gasteiger partial charge < -0.3 is 11.1 Å². The fourth-order valence-corrected chi connectivity index (χ4v) is 1.65. The number of hydrogen-bond donors (Lipinski definition) is 2. The summed E-state index contributed by atoms with van der Waals surface area (Å²) < 4.78 is 13.6. The maximum atomic E-state index is 13.6. The number of nitrogens with two attached hydrogens (primary N) is 1. The minimum atomic E-state index is -0.342. The van der Waals surface area contributed by atoms with Crippen LogP contribution >= 0.6 is 0 Å². The molecule has 0 aromatic heterocycles. The first-order chi connectivity index (χ1) is 8.38. The van der Waals surface area contributed by atoms with Crippen LogP contribution < -0.4 is 11.1 Å². The molecule has 1 aromatic carbocycles. The summed E-state index contributed by atoms with van der Waals surface area (Å²) in [5.74, 6) is -0.408. The van der Waals surface area contributed by atoms with E-state index in [9.17, 15) is 9.18 Å². The molecule has 0 heterocycles. The van der Waals surface area contributed by atoms with Gasteiger partial charge in [0, 0.05) is 23.8 Å². The summed E-state index contributed by atoms with van der Waals surface area (Å²) in [6, 6.07) is 4.69. The molecule has 100 valence electrons. The van der Waals surface area contributed by atoms with Gasteiger partial charge in [-0.3, -0.25) is 9.69 Å². The predicted molar refractivity (Wildman–Crippen MR) is 70.4 cm³/mol. The Labute approximate surface area is 107 Å². The second-order valence-corrected chi connectivity index (χ2v) is 4.75. The number of carbonyl (C=O) groups excluding carboxylic acids is 1. The standard InChI is InChI=1S/C13H20FN3O/c1-9(2)16-13(18)8-17(3)7-10-4-5-11(15)6-12(10)14/h4-6,9H,7-8,15H2,1-3H3,(H,16,18). The minimum Gasteiger partial charge on any atom is -0.399 e. The monoisotopic (exact) mass is 253 g/mol. The van der Waals surface area contributed by atoms with Crippen molar-refractivity contribution in [3.8, 4) is 0 Å². The van der Waals surface area contributed by atoms with Gasteiger partial charge in [0.2, 0.25) is 5.91 Å². The molecule has 0 saturated carbocycles. The Morgan fingerprint density at radius 1 is 1.50 bits per heavy atom. The third kappa shape index (κ3) is 4.71. The van der Waals surface area contributed by atoms with Gasteiger partial charge in [0.1, 0.15) is 5.82 Å². The Balaban J connectivity index is 2.54. The molecule has 0 aliphatic rings. The molecular weight excluding hydrogens is 233 g/mol. The zero-order valence-corrected chi connectivity index (χ0v) is 11.0. The van der Waals surface area contributed by atoms with Crippen LogP contribution in [0.25, 0.3) is 0 Å². The van der Waals surface area contributed by atoms with E-state index in [1.165, 1.54) is 6.07 Å². The predicted octanol–water partition coefficient (Wildman–Crippen LogP) is 1.36. The number of hydrogen-bond acceptors (Lipinski definition) is 3. The number of likely N-dealkylation sites (N-methyl/N-ethyl adjacent to an activating group) is 1. The van der Waals surface area contributed by atoms with E-state index in [2.05, 4.69) is 5.32 Å². The van der Waals surface area contributed by atoms with Gasteiger partial charge in [-0.2, -0.15) is 0 Å². The second-order valence-electron chi connectivity index (χ2n) is 4.75. The maximum Gasteiger partial charge on any atom is 0.234 e. The van der Waals surface area contributed by atoms with Gasteiger partial charge >= 0.3 is 0 Å². The Morgan fingerprint density at radius 3 is 2.72 bits per heavy atom. The van der Waals surface area contributed by atoms with Crippen LogP contribution in [0.15, 0.2) is 18.2 Å². The van der Waals surface area contributed by atoms with Crippen molar-refractivity contribution in [1.29, 1.82) is 0 Å². The molecule has 0 radical (unpaired) electrons. The van der Waals surface area contributed by atoms with Crippen LogP contribution in [-0.2, 0) is 11.3 Å². The lowest BCUT2D eigenvalue weighted by Crippen LogP contribution is -2.38. The van der Waals surface area contributed by atoms with Crippen LogP contribution in [0.5, 0.6) is 0 Å². The van der Waals surface area contributed by atoms with Gasteiger partial charge in [0.05, 0.1) is 6.54 Å². The highest BCUT2D eigenvalue weighted by atomic mass is 19.1. The van der Waals surface area contributed by atoms with E-state index in [-0.39, 0.29) is 24.3 Å². The van der Waals surface area contributed by atoms with Crippen LogP contribution in [0.2, 0.25) is 0 Å². The van der Waals surface area contributed by atoms with Crippen molar-refractivity contribution in [3.63, 3.8) is 0 Å². The van der Waals surface area contributed by atoms with Crippen molar-refractivity contribution in [2.45, 2.75) is 26.4 Å². The number of halogens is 1. The first-order valence-corrected chi connectivity index (χ1v) is 5.90. The van der Waals surface area contributed by atoms with Gasteiger partial charge in [-0.25, -0.2) is 4.39 Å². The lowest BCUT2D eigenvalue weighted by Gasteiger charge is -2.18. The molecule has 0 saturated heterocycles. The molecule has 1 rings (SSSR count). The Bertz CT molecular complexity index is 421. The van der Waals surface area contributed by atoms with Crippen molar-refractivity contribution in [2.75, 3.05) is 19.3 Å². The SMILES string of the molecule is CC(C)NC(=O)CN(C)Cc1ccc(N)cc1F. The fraction of sp³-hybridized carbons (Fsp3) is 0.462. The summed E-state index contributed by atoms with van der Waals surface area (Å²) >= 11 is 0. The summed E-state index contributed by atoms with van der Waals surface area (Å²) in [5.41, 5.74) is 6.41. The van der Waals surface area contributed by atoms with Crippen LogP contribution in [0.1, 0.15) is 19.4 Å². The average Bonchev–Trinajstić information content (AvgIpc) is 2.20. The summed E-state index contributed by atoms with van der Waals surface area (Å²) in [4.78, 5) is 13.3. The highest BCUT2D eigenvalue weighted by molar-refractivity contribution is 5.78. The Kier molecular flexibility index (Phi) is 5.09. The molecule has 0 fully saturated rings. The molecule has 0 aliphatic heterocycles. The topological polar surface area (TPSA) is 58.4 Å². The number of anilines is 1. The fourth-order valence-electron chi connectivity index (χ4n) is 1.65. The van der Waals surface area contributed by atoms with E-state index < -0.39 is 0 Å². The largest absolute Gasteiger partial charge is 0.399 e. The first-order valence-electron chi connectivity index (χ1n) is 5.90. The van der Waals surface area contributed by atoms with E-state index >= 15 is 0 Å². The van der Waals surface area contributed by atoms with Crippen LogP contribution in [0.3, 0.4) is 0 Å². The first kappa shape index (κ1) is 14.4. The summed E-state index contributed by atoms with van der Waals surface area (Å²) in [5, 5.41) is 2.79. The zero-order chi connectivity index (χ0) is 13.7. The van der Waals surface area contributed by atoms with Crippen molar-refractivity contribution < 1.29 is 9.18 Å². The molecule has 3 N–H and O–H groups in total. The number of rotatable bonds is 5. The third-order valence-electron chi connectivity index (χ3n) is 2.38. The average molecular weight is 253 g/mol.